The first kappa shape index (κ1) is 11.0. The normalized spacial score (nSPS) is 8.80. The summed E-state index contributed by atoms with van der Waals surface area (Å²) < 4.78 is 0. The van der Waals surface area contributed by atoms with Gasteiger partial charge in [-0.3, -0.25) is 4.79 Å². The van der Waals surface area contributed by atoms with Gasteiger partial charge in [0.2, 0.25) is 0 Å². The number of rotatable bonds is 3. The van der Waals surface area contributed by atoms with Crippen molar-refractivity contribution in [3.63, 3.8) is 0 Å². The summed E-state index contributed by atoms with van der Waals surface area (Å²) in [6.07, 6.45) is 1.70. The third-order valence-corrected chi connectivity index (χ3v) is 1.77. The van der Waals surface area contributed by atoms with Crippen LogP contribution in [0.5, 0.6) is 0 Å². The zero-order chi connectivity index (χ0) is 11.1. The molecule has 0 saturated heterocycles. The molecule has 0 unspecified atom stereocenters. The van der Waals surface area contributed by atoms with Crippen LogP contribution in [0.3, 0.4) is 0 Å². The number of benzene rings is 1. The Hall–Kier alpha value is -2.08. The van der Waals surface area contributed by atoms with Gasteiger partial charge in [0.15, 0.2) is 0 Å². The van der Waals surface area contributed by atoms with E-state index in [0.29, 0.717) is 6.42 Å². The molecule has 1 rings (SSSR count). The summed E-state index contributed by atoms with van der Waals surface area (Å²) in [5, 5.41) is 15.4. The van der Waals surface area contributed by atoms with Crippen molar-refractivity contribution < 1.29 is 9.90 Å². The second-order valence-electron chi connectivity index (χ2n) is 2.96. The molecule has 0 amide bonds. The fraction of sp³-hybridized carbons (Fsp3) is 0.167. The molecular weight excluding hydrogens is 190 g/mol. The number of nitrogens with one attached hydrogen (secondary N) is 1. The van der Waals surface area contributed by atoms with Crippen LogP contribution < -0.4 is 0 Å². The number of hydrogen-bond donors (Lipinski definition) is 2. The predicted octanol–water partition coefficient (Wildman–Crippen LogP) is 1.90. The van der Waals surface area contributed by atoms with Crippen molar-refractivity contribution in [1.29, 1.82) is 5.41 Å². The topological polar surface area (TPSA) is 61.2 Å². The molecule has 0 bridgehead atoms. The van der Waals surface area contributed by atoms with Crippen LogP contribution in [-0.2, 0) is 4.79 Å². The molecule has 0 radical (unpaired) electrons. The van der Waals surface area contributed by atoms with Gasteiger partial charge in [-0.15, -0.1) is 0 Å². The third-order valence-electron chi connectivity index (χ3n) is 1.77. The van der Waals surface area contributed by atoms with E-state index in [9.17, 15) is 4.79 Å². The van der Waals surface area contributed by atoms with Crippen LogP contribution in [0.25, 0.3) is 0 Å². The van der Waals surface area contributed by atoms with Gasteiger partial charge in [-0.05, 0) is 17.7 Å². The Morgan fingerprint density at radius 1 is 1.40 bits per heavy atom. The van der Waals surface area contributed by atoms with Crippen LogP contribution in [0.4, 0.5) is 0 Å². The monoisotopic (exact) mass is 201 g/mol. The first-order valence-corrected chi connectivity index (χ1v) is 4.53. The van der Waals surface area contributed by atoms with Gasteiger partial charge in [0.1, 0.15) is 0 Å². The number of carbonyl (C=O) groups is 1. The van der Waals surface area contributed by atoms with E-state index in [-0.39, 0.29) is 6.42 Å². The lowest BCUT2D eigenvalue weighted by Gasteiger charge is -1.91. The quantitative estimate of drug-likeness (QED) is 0.579. The maximum absolute atomic E-state index is 10.2. The summed E-state index contributed by atoms with van der Waals surface area (Å²) in [5.74, 6) is 4.82. The Labute approximate surface area is 88.3 Å². The molecule has 0 heterocycles. The van der Waals surface area contributed by atoms with Crippen molar-refractivity contribution in [1.82, 2.24) is 0 Å². The molecule has 15 heavy (non-hydrogen) atoms. The standard InChI is InChI=1S/C12H11NO2/c13-9-11-7-5-10(6-8-11)3-1-2-4-12(14)15/h5-9,13H,2,4H2,(H,14,15). The van der Waals surface area contributed by atoms with Gasteiger partial charge >= 0.3 is 5.97 Å². The fourth-order valence-electron chi connectivity index (χ4n) is 0.997. The van der Waals surface area contributed by atoms with Crippen molar-refractivity contribution >= 4 is 12.2 Å². The second kappa shape index (κ2) is 5.61. The van der Waals surface area contributed by atoms with Gasteiger partial charge < -0.3 is 10.5 Å². The summed E-state index contributed by atoms with van der Waals surface area (Å²) in [7, 11) is 0. The molecule has 0 atom stereocenters. The molecule has 0 aromatic heterocycles. The van der Waals surface area contributed by atoms with Gasteiger partial charge in [-0.1, -0.05) is 24.0 Å². The lowest BCUT2D eigenvalue weighted by Crippen LogP contribution is -1.91. The van der Waals surface area contributed by atoms with E-state index >= 15 is 0 Å². The average Bonchev–Trinajstić information content (AvgIpc) is 2.25. The molecule has 0 fully saturated rings. The first-order chi connectivity index (χ1) is 7.22. The third kappa shape index (κ3) is 4.10. The predicted molar refractivity (Wildman–Crippen MR) is 58.1 cm³/mol. The first-order valence-electron chi connectivity index (χ1n) is 4.53. The minimum absolute atomic E-state index is 0.0750. The van der Waals surface area contributed by atoms with E-state index in [0.717, 1.165) is 11.1 Å². The maximum atomic E-state index is 10.2. The van der Waals surface area contributed by atoms with Crippen molar-refractivity contribution in [2.75, 3.05) is 0 Å². The minimum atomic E-state index is -0.830. The molecule has 2 N–H and O–H groups in total. The molecule has 0 saturated carbocycles. The Kier molecular flexibility index (Phi) is 4.11. The van der Waals surface area contributed by atoms with Gasteiger partial charge in [0.05, 0.1) is 6.42 Å². The van der Waals surface area contributed by atoms with Gasteiger partial charge in [0.25, 0.3) is 0 Å². The SMILES string of the molecule is N=Cc1ccc(C#CCCC(=O)O)cc1. The van der Waals surface area contributed by atoms with Crippen LogP contribution >= 0.6 is 0 Å². The lowest BCUT2D eigenvalue weighted by atomic mass is 10.1. The second-order valence-corrected chi connectivity index (χ2v) is 2.96. The molecule has 1 aromatic rings. The molecule has 0 aliphatic carbocycles. The highest BCUT2D eigenvalue weighted by atomic mass is 16.4. The lowest BCUT2D eigenvalue weighted by molar-refractivity contribution is -0.136. The average molecular weight is 201 g/mol. The van der Waals surface area contributed by atoms with Gasteiger partial charge in [-0.2, -0.15) is 0 Å². The van der Waals surface area contributed by atoms with Crippen molar-refractivity contribution in [2.45, 2.75) is 12.8 Å². The molecule has 0 aliphatic heterocycles. The van der Waals surface area contributed by atoms with Crippen molar-refractivity contribution in [3.8, 4) is 11.8 Å². The molecule has 1 aromatic carbocycles. The molecule has 3 nitrogen and oxygen atoms in total. The van der Waals surface area contributed by atoms with Gasteiger partial charge in [-0.25, -0.2) is 0 Å². The van der Waals surface area contributed by atoms with Crippen LogP contribution in [0.15, 0.2) is 24.3 Å². The Morgan fingerprint density at radius 3 is 2.60 bits per heavy atom. The van der Waals surface area contributed by atoms with Crippen LogP contribution in [0.2, 0.25) is 0 Å². The summed E-state index contributed by atoms with van der Waals surface area (Å²) in [6.45, 7) is 0. The van der Waals surface area contributed by atoms with E-state index < -0.39 is 5.97 Å². The Bertz CT molecular complexity index is 409. The minimum Gasteiger partial charge on any atom is -0.481 e. The van der Waals surface area contributed by atoms with E-state index in [2.05, 4.69) is 11.8 Å². The number of aliphatic carboxylic acids is 1. The van der Waals surface area contributed by atoms with Gasteiger partial charge in [0, 0.05) is 18.2 Å². The molecule has 76 valence electrons. The summed E-state index contributed by atoms with van der Waals surface area (Å²) in [4.78, 5) is 10.2. The summed E-state index contributed by atoms with van der Waals surface area (Å²) in [5.41, 5.74) is 1.66. The zero-order valence-electron chi connectivity index (χ0n) is 8.16. The number of carboxylic acid groups (broad SMARTS) is 1. The Balaban J connectivity index is 2.56. The smallest absolute Gasteiger partial charge is 0.304 e. The maximum Gasteiger partial charge on any atom is 0.304 e. The number of hydrogen-bond acceptors (Lipinski definition) is 2. The molecule has 3 heteroatoms. The molecule has 0 spiro atoms. The molecule has 0 aliphatic rings. The van der Waals surface area contributed by atoms with Crippen molar-refractivity contribution in [3.05, 3.63) is 35.4 Å². The summed E-state index contributed by atoms with van der Waals surface area (Å²) in [6, 6.07) is 7.23. The van der Waals surface area contributed by atoms with Crippen LogP contribution in [0, 0.1) is 17.3 Å². The van der Waals surface area contributed by atoms with E-state index in [1.54, 1.807) is 12.1 Å². The fourth-order valence-corrected chi connectivity index (χ4v) is 0.997. The molecular formula is C12H11NO2. The Morgan fingerprint density at radius 2 is 2.07 bits per heavy atom. The van der Waals surface area contributed by atoms with E-state index in [1.165, 1.54) is 6.21 Å². The van der Waals surface area contributed by atoms with Crippen LogP contribution in [-0.4, -0.2) is 17.3 Å². The highest BCUT2D eigenvalue weighted by molar-refractivity contribution is 5.77. The number of carboxylic acids is 1. The largest absolute Gasteiger partial charge is 0.481 e. The van der Waals surface area contributed by atoms with Crippen molar-refractivity contribution in [2.24, 2.45) is 0 Å². The summed E-state index contributed by atoms with van der Waals surface area (Å²) >= 11 is 0. The van der Waals surface area contributed by atoms with Crippen LogP contribution in [0.1, 0.15) is 24.0 Å². The van der Waals surface area contributed by atoms with E-state index in [1.807, 2.05) is 12.1 Å². The highest BCUT2D eigenvalue weighted by Gasteiger charge is 1.92. The van der Waals surface area contributed by atoms with E-state index in [4.69, 9.17) is 10.5 Å². The highest BCUT2D eigenvalue weighted by Crippen LogP contribution is 2.00. The zero-order valence-corrected chi connectivity index (χ0v) is 8.16.